The highest BCUT2D eigenvalue weighted by molar-refractivity contribution is 7.89. The largest absolute Gasteiger partial charge is 0.392 e. The maximum Gasteiger partial charge on any atom is 0.243 e. The number of hydrogen-bond donors (Lipinski definition) is 1. The number of hydrogen-bond acceptors (Lipinski definition) is 3. The summed E-state index contributed by atoms with van der Waals surface area (Å²) in [4.78, 5) is 0.277. The Balaban J connectivity index is 3.11. The molecule has 108 valence electrons. The topological polar surface area (TPSA) is 57.6 Å². The Bertz CT molecular complexity index is 492. The summed E-state index contributed by atoms with van der Waals surface area (Å²) in [6.07, 6.45) is 0. The normalized spacial score (nSPS) is 12.6. The fraction of sp³-hybridized carbons (Fsp3) is 0.571. The Hall–Kier alpha value is -0.910. The molecule has 1 rings (SSSR count). The first-order valence-electron chi connectivity index (χ1n) is 6.50. The van der Waals surface area contributed by atoms with Gasteiger partial charge in [0.05, 0.1) is 11.5 Å². The summed E-state index contributed by atoms with van der Waals surface area (Å²) in [6, 6.07) is 6.30. The van der Waals surface area contributed by atoms with Crippen molar-refractivity contribution >= 4 is 10.0 Å². The number of nitrogens with zero attached hydrogens (tertiary/aromatic N) is 1. The van der Waals surface area contributed by atoms with E-state index in [1.54, 1.807) is 24.3 Å². The van der Waals surface area contributed by atoms with Gasteiger partial charge < -0.3 is 5.11 Å². The molecule has 0 atom stereocenters. The Morgan fingerprint density at radius 2 is 1.63 bits per heavy atom. The van der Waals surface area contributed by atoms with Crippen LogP contribution in [0.2, 0.25) is 0 Å². The number of benzene rings is 1. The number of aliphatic hydroxyl groups excluding tert-OH is 1. The maximum atomic E-state index is 12.6. The number of sulfonamides is 1. The van der Waals surface area contributed by atoms with Crippen LogP contribution < -0.4 is 0 Å². The SMILES string of the molecule is CC(C)CN(C(C)C)S(=O)(=O)c1ccc(CO)cc1. The third kappa shape index (κ3) is 4.03. The fourth-order valence-corrected chi connectivity index (χ4v) is 3.65. The first-order chi connectivity index (χ1) is 8.78. The minimum atomic E-state index is -3.47. The van der Waals surface area contributed by atoms with Gasteiger partial charge in [0.1, 0.15) is 0 Å². The van der Waals surface area contributed by atoms with E-state index in [1.165, 1.54) is 4.31 Å². The molecule has 0 fully saturated rings. The van der Waals surface area contributed by atoms with Crippen LogP contribution in [-0.2, 0) is 16.6 Å². The van der Waals surface area contributed by atoms with Gasteiger partial charge in [-0.15, -0.1) is 0 Å². The van der Waals surface area contributed by atoms with E-state index in [4.69, 9.17) is 5.11 Å². The van der Waals surface area contributed by atoms with Crippen LogP contribution in [0.4, 0.5) is 0 Å². The van der Waals surface area contributed by atoms with Gasteiger partial charge in [0.15, 0.2) is 0 Å². The van der Waals surface area contributed by atoms with E-state index in [0.717, 1.165) is 0 Å². The summed E-state index contributed by atoms with van der Waals surface area (Å²) in [7, 11) is -3.47. The summed E-state index contributed by atoms with van der Waals surface area (Å²) in [5.41, 5.74) is 0.707. The Morgan fingerprint density at radius 1 is 1.11 bits per heavy atom. The predicted molar refractivity (Wildman–Crippen MR) is 76.2 cm³/mol. The molecule has 0 aliphatic carbocycles. The zero-order valence-corrected chi connectivity index (χ0v) is 12.8. The van der Waals surface area contributed by atoms with Crippen molar-refractivity contribution in [2.24, 2.45) is 5.92 Å². The van der Waals surface area contributed by atoms with Gasteiger partial charge in [-0.25, -0.2) is 8.42 Å². The van der Waals surface area contributed by atoms with E-state index in [1.807, 2.05) is 27.7 Å². The lowest BCUT2D eigenvalue weighted by Gasteiger charge is -2.27. The molecule has 0 bridgehead atoms. The molecule has 0 aliphatic heterocycles. The Labute approximate surface area is 116 Å². The minimum absolute atomic E-state index is 0.0788. The second-order valence-electron chi connectivity index (χ2n) is 5.36. The summed E-state index contributed by atoms with van der Waals surface area (Å²) < 4.78 is 26.7. The van der Waals surface area contributed by atoms with Gasteiger partial charge >= 0.3 is 0 Å². The van der Waals surface area contributed by atoms with Crippen molar-refractivity contribution in [2.75, 3.05) is 6.54 Å². The highest BCUT2D eigenvalue weighted by Gasteiger charge is 2.27. The van der Waals surface area contributed by atoms with Crippen molar-refractivity contribution < 1.29 is 13.5 Å². The standard InChI is InChI=1S/C14H23NO3S/c1-11(2)9-15(12(3)4)19(17,18)14-7-5-13(10-16)6-8-14/h5-8,11-12,16H,9-10H2,1-4H3. The smallest absolute Gasteiger partial charge is 0.243 e. The first-order valence-corrected chi connectivity index (χ1v) is 7.94. The van der Waals surface area contributed by atoms with E-state index in [9.17, 15) is 8.42 Å². The van der Waals surface area contributed by atoms with Crippen LogP contribution in [0.15, 0.2) is 29.2 Å². The average Bonchev–Trinajstić information content (AvgIpc) is 2.35. The zero-order valence-electron chi connectivity index (χ0n) is 12.0. The van der Waals surface area contributed by atoms with Gasteiger partial charge in [-0.3, -0.25) is 0 Å². The van der Waals surface area contributed by atoms with Gasteiger partial charge in [-0.1, -0.05) is 26.0 Å². The summed E-state index contributed by atoms with van der Waals surface area (Å²) in [5, 5.41) is 8.99. The zero-order chi connectivity index (χ0) is 14.6. The van der Waals surface area contributed by atoms with Crippen LogP contribution in [0.5, 0.6) is 0 Å². The predicted octanol–water partition coefficient (Wildman–Crippen LogP) is 2.23. The van der Waals surface area contributed by atoms with Crippen LogP contribution in [0.25, 0.3) is 0 Å². The van der Waals surface area contributed by atoms with E-state index in [2.05, 4.69) is 0 Å². The lowest BCUT2D eigenvalue weighted by molar-refractivity contribution is 0.281. The van der Waals surface area contributed by atoms with Gasteiger partial charge in [-0.2, -0.15) is 4.31 Å². The van der Waals surface area contributed by atoms with E-state index in [0.29, 0.717) is 12.1 Å². The number of aliphatic hydroxyl groups is 1. The molecule has 1 N–H and O–H groups in total. The van der Waals surface area contributed by atoms with Crippen LogP contribution in [0.3, 0.4) is 0 Å². The number of rotatable bonds is 6. The second kappa shape index (κ2) is 6.50. The van der Waals surface area contributed by atoms with Gasteiger partial charge in [0.25, 0.3) is 0 Å². The molecule has 5 heteroatoms. The van der Waals surface area contributed by atoms with Crippen LogP contribution in [0, 0.1) is 5.92 Å². The second-order valence-corrected chi connectivity index (χ2v) is 7.25. The molecule has 0 spiro atoms. The molecule has 0 aromatic heterocycles. The molecular weight excluding hydrogens is 262 g/mol. The molecule has 0 saturated carbocycles. The maximum absolute atomic E-state index is 12.6. The van der Waals surface area contributed by atoms with Crippen LogP contribution in [-0.4, -0.2) is 30.4 Å². The van der Waals surface area contributed by atoms with Crippen molar-refractivity contribution in [3.8, 4) is 0 Å². The van der Waals surface area contributed by atoms with Crippen molar-refractivity contribution in [2.45, 2.75) is 45.2 Å². The molecule has 4 nitrogen and oxygen atoms in total. The highest BCUT2D eigenvalue weighted by atomic mass is 32.2. The highest BCUT2D eigenvalue weighted by Crippen LogP contribution is 2.20. The fourth-order valence-electron chi connectivity index (χ4n) is 1.85. The molecule has 0 heterocycles. The van der Waals surface area contributed by atoms with Crippen molar-refractivity contribution in [3.63, 3.8) is 0 Å². The van der Waals surface area contributed by atoms with Crippen LogP contribution >= 0.6 is 0 Å². The first kappa shape index (κ1) is 16.1. The minimum Gasteiger partial charge on any atom is -0.392 e. The van der Waals surface area contributed by atoms with Crippen LogP contribution in [0.1, 0.15) is 33.3 Å². The monoisotopic (exact) mass is 285 g/mol. The van der Waals surface area contributed by atoms with Gasteiger partial charge in [-0.05, 0) is 37.5 Å². The van der Waals surface area contributed by atoms with Crippen molar-refractivity contribution in [3.05, 3.63) is 29.8 Å². The average molecular weight is 285 g/mol. The lowest BCUT2D eigenvalue weighted by atomic mass is 10.2. The molecule has 0 amide bonds. The van der Waals surface area contributed by atoms with E-state index in [-0.39, 0.29) is 23.5 Å². The third-order valence-electron chi connectivity index (χ3n) is 2.83. The van der Waals surface area contributed by atoms with Gasteiger partial charge in [0.2, 0.25) is 10.0 Å². The summed E-state index contributed by atoms with van der Waals surface area (Å²) in [6.45, 7) is 8.17. The summed E-state index contributed by atoms with van der Waals surface area (Å²) >= 11 is 0. The Kier molecular flexibility index (Phi) is 5.52. The lowest BCUT2D eigenvalue weighted by Crippen LogP contribution is -2.39. The molecule has 1 aromatic rings. The molecule has 0 saturated heterocycles. The quantitative estimate of drug-likeness (QED) is 0.872. The van der Waals surface area contributed by atoms with E-state index >= 15 is 0 Å². The Morgan fingerprint density at radius 3 is 2.00 bits per heavy atom. The molecular formula is C14H23NO3S. The molecule has 0 aliphatic rings. The molecule has 19 heavy (non-hydrogen) atoms. The molecule has 1 aromatic carbocycles. The summed E-state index contributed by atoms with van der Waals surface area (Å²) in [5.74, 6) is 0.272. The van der Waals surface area contributed by atoms with E-state index < -0.39 is 10.0 Å². The van der Waals surface area contributed by atoms with Crippen molar-refractivity contribution in [1.29, 1.82) is 0 Å². The molecule has 0 radical (unpaired) electrons. The van der Waals surface area contributed by atoms with Gasteiger partial charge in [0, 0.05) is 12.6 Å². The third-order valence-corrected chi connectivity index (χ3v) is 4.89. The van der Waals surface area contributed by atoms with Crippen molar-refractivity contribution in [1.82, 2.24) is 4.31 Å². The molecule has 0 unspecified atom stereocenters.